The largest absolute Gasteiger partial charge is 0.372 e. The first-order valence-corrected chi connectivity index (χ1v) is 34.0. The van der Waals surface area contributed by atoms with E-state index < -0.39 is 0 Å². The zero-order chi connectivity index (χ0) is 44.5. The molecule has 0 fully saturated rings. The van der Waals surface area contributed by atoms with Crippen LogP contribution < -0.4 is 0 Å². The number of unbranched alkanes of at least 4 members (excludes halogenated alkanes) is 12. The van der Waals surface area contributed by atoms with Gasteiger partial charge in [0.1, 0.15) is 6.07 Å². The van der Waals surface area contributed by atoms with Crippen LogP contribution in [0.25, 0.3) is 0 Å². The Morgan fingerprint density at radius 2 is 0.841 bits per heavy atom. The van der Waals surface area contributed by atoms with E-state index in [0.717, 1.165) is 15.6 Å². The lowest BCUT2D eigenvalue weighted by Crippen LogP contribution is -2.04. The third kappa shape index (κ3) is 20.2. The van der Waals surface area contributed by atoms with Crippen LogP contribution in [0.15, 0.2) is 71.1 Å². The van der Waals surface area contributed by atoms with Crippen LogP contribution in [0.1, 0.15) is 147 Å². The molecule has 0 saturated carbocycles. The molecule has 5 rings (SSSR count). The van der Waals surface area contributed by atoms with Crippen molar-refractivity contribution in [3.63, 3.8) is 0 Å². The predicted molar refractivity (Wildman–Crippen MR) is 310 cm³/mol. The fourth-order valence-corrected chi connectivity index (χ4v) is 23.8. The molecule has 0 bridgehead atoms. The second kappa shape index (κ2) is 33.4. The van der Waals surface area contributed by atoms with Crippen molar-refractivity contribution in [3.8, 4) is 6.07 Å². The fourth-order valence-electron chi connectivity index (χ4n) is 6.26. The van der Waals surface area contributed by atoms with Crippen molar-refractivity contribution in [2.24, 2.45) is 0 Å². The molecule has 4 heterocycles. The van der Waals surface area contributed by atoms with E-state index in [-0.39, 0.29) is 0 Å². The molecule has 1 aromatic carbocycles. The van der Waals surface area contributed by atoms with Crippen LogP contribution in [0.3, 0.4) is 0 Å². The minimum absolute atomic E-state index is 0.431. The quantitative estimate of drug-likeness (QED) is 0.0643. The fraction of sp³-hybridized carbons (Fsp3) is 0.596. The van der Waals surface area contributed by atoms with Crippen molar-refractivity contribution in [2.75, 3.05) is 36.2 Å². The SMILES string of the molecule is CCCCCCSC1=C(SCCCCCC)SC(=C2SC=C(COCc3cc(Br)c(C#N)cc3COCC3=CSC(=C4SC(SCCCCCC)=C(SCCCCCC)S4)S3)S2)S1. The Morgan fingerprint density at radius 3 is 1.19 bits per heavy atom. The molecule has 4 aliphatic heterocycles. The van der Waals surface area contributed by atoms with Gasteiger partial charge in [-0.25, -0.2) is 0 Å². The van der Waals surface area contributed by atoms with Crippen LogP contribution in [-0.4, -0.2) is 36.2 Å². The minimum Gasteiger partial charge on any atom is -0.372 e. The second-order valence-corrected chi connectivity index (χ2v) is 30.6. The van der Waals surface area contributed by atoms with Gasteiger partial charge in [-0.05, 0) is 98.7 Å². The topological polar surface area (TPSA) is 42.2 Å². The highest BCUT2D eigenvalue weighted by atomic mass is 79.9. The Hall–Kier alpha value is 1.75. The van der Waals surface area contributed by atoms with Gasteiger partial charge in [0.05, 0.1) is 65.9 Å². The van der Waals surface area contributed by atoms with Crippen molar-refractivity contribution < 1.29 is 9.47 Å². The molecule has 0 radical (unpaired) electrons. The molecule has 0 aliphatic carbocycles. The summed E-state index contributed by atoms with van der Waals surface area (Å²) in [7, 11) is 0. The van der Waals surface area contributed by atoms with E-state index in [2.05, 4.69) is 108 Å². The normalized spacial score (nSPS) is 16.7. The van der Waals surface area contributed by atoms with Crippen molar-refractivity contribution >= 4 is 157 Å². The summed E-state index contributed by atoms with van der Waals surface area (Å²) in [6.07, 6.45) is 21.0. The molecule has 63 heavy (non-hydrogen) atoms. The minimum atomic E-state index is 0.431. The van der Waals surface area contributed by atoms with Crippen molar-refractivity contribution in [2.45, 2.75) is 144 Å². The highest BCUT2D eigenvalue weighted by Gasteiger charge is 2.29. The molecular formula is C47H64BrNO2S12. The summed E-state index contributed by atoms with van der Waals surface area (Å²) in [4.78, 5) is 2.49. The Morgan fingerprint density at radius 1 is 0.476 bits per heavy atom. The number of hydrogen-bond donors (Lipinski definition) is 0. The van der Waals surface area contributed by atoms with Crippen molar-refractivity contribution in [1.82, 2.24) is 0 Å². The molecule has 348 valence electrons. The number of nitrogens with zero attached hydrogens (tertiary/aromatic N) is 1. The molecule has 0 N–H and O–H groups in total. The third-order valence-corrected chi connectivity index (χ3v) is 27.7. The molecule has 16 heteroatoms. The average molecular weight is 1140 g/mol. The third-order valence-electron chi connectivity index (χ3n) is 9.79. The van der Waals surface area contributed by atoms with Crippen LogP contribution in [0.5, 0.6) is 0 Å². The van der Waals surface area contributed by atoms with E-state index in [4.69, 9.17) is 9.47 Å². The van der Waals surface area contributed by atoms with E-state index in [1.54, 1.807) is 0 Å². The monoisotopic (exact) mass is 1140 g/mol. The van der Waals surface area contributed by atoms with Gasteiger partial charge in [0.15, 0.2) is 0 Å². The lowest BCUT2D eigenvalue weighted by atomic mass is 10.1. The predicted octanol–water partition coefficient (Wildman–Crippen LogP) is 20.7. The highest BCUT2D eigenvalue weighted by Crippen LogP contribution is 2.64. The number of hydrogen-bond acceptors (Lipinski definition) is 15. The van der Waals surface area contributed by atoms with Gasteiger partial charge < -0.3 is 9.47 Å². The van der Waals surface area contributed by atoms with Crippen LogP contribution >= 0.6 is 157 Å². The van der Waals surface area contributed by atoms with Gasteiger partial charge in [-0.3, -0.25) is 0 Å². The van der Waals surface area contributed by atoms with Gasteiger partial charge in [-0.1, -0.05) is 199 Å². The number of halogens is 1. The summed E-state index contributed by atoms with van der Waals surface area (Å²) in [5, 5.41) is 14.4. The Balaban J connectivity index is 1.10. The maximum Gasteiger partial charge on any atom is 0.100 e. The molecule has 3 nitrogen and oxygen atoms in total. The standard InChI is InChI=1S/C47H64BrNO2S12/c1-5-9-13-17-21-52-40-41(53-22-18-14-10-6-2)61-46(60-40)44-56-32-37(58-44)30-50-28-35-25-34(27-49)39(48)26-36(35)29-51-31-38-33-57-45(59-38)47-62-42(54-23-19-15-11-7-3)43(63-47)55-24-20-16-12-8-4/h25-26,32-33H,5-24,28-31H2,1-4H3. The molecule has 4 aliphatic rings. The first kappa shape index (κ1) is 55.7. The van der Waals surface area contributed by atoms with Crippen LogP contribution in [0.4, 0.5) is 0 Å². The van der Waals surface area contributed by atoms with E-state index in [1.165, 1.54) is 169 Å². The first-order chi connectivity index (χ1) is 31.0. The Labute approximate surface area is 440 Å². The van der Waals surface area contributed by atoms with E-state index in [1.807, 2.05) is 106 Å². The number of rotatable bonds is 32. The Bertz CT molecular complexity index is 1800. The van der Waals surface area contributed by atoms with Crippen LogP contribution in [0, 0.1) is 11.3 Å². The van der Waals surface area contributed by atoms with Crippen LogP contribution in [-0.2, 0) is 22.7 Å². The molecule has 0 atom stereocenters. The van der Waals surface area contributed by atoms with Gasteiger partial charge in [0.25, 0.3) is 0 Å². The van der Waals surface area contributed by atoms with Gasteiger partial charge in [0, 0.05) is 14.3 Å². The smallest absolute Gasteiger partial charge is 0.100 e. The number of benzene rings is 1. The molecule has 0 unspecified atom stereocenters. The second-order valence-electron chi connectivity index (χ2n) is 15.2. The molecule has 0 spiro atoms. The summed E-state index contributed by atoms with van der Waals surface area (Å²) >= 11 is 27.4. The zero-order valence-electron chi connectivity index (χ0n) is 37.3. The van der Waals surface area contributed by atoms with Crippen molar-refractivity contribution in [1.29, 1.82) is 5.26 Å². The maximum absolute atomic E-state index is 9.87. The average Bonchev–Trinajstić information content (AvgIpc) is 4.12. The summed E-state index contributed by atoms with van der Waals surface area (Å²) in [6.45, 7) is 11.2. The van der Waals surface area contributed by atoms with E-state index >= 15 is 0 Å². The zero-order valence-corrected chi connectivity index (χ0v) is 48.7. The Kier molecular flexibility index (Phi) is 29.5. The number of nitriles is 1. The van der Waals surface area contributed by atoms with E-state index in [9.17, 15) is 5.26 Å². The summed E-state index contributed by atoms with van der Waals surface area (Å²) in [5.74, 6) is 4.85. The molecule has 1 aromatic rings. The highest BCUT2D eigenvalue weighted by molar-refractivity contribution is 9.10. The van der Waals surface area contributed by atoms with Gasteiger partial charge >= 0.3 is 0 Å². The maximum atomic E-state index is 9.87. The van der Waals surface area contributed by atoms with Gasteiger partial charge in [0.2, 0.25) is 0 Å². The molecule has 0 saturated heterocycles. The lowest BCUT2D eigenvalue weighted by Gasteiger charge is -2.13. The summed E-state index contributed by atoms with van der Waals surface area (Å²) < 4.78 is 25.3. The van der Waals surface area contributed by atoms with Crippen LogP contribution in [0.2, 0.25) is 0 Å². The number of ether oxygens (including phenoxy) is 2. The molecule has 0 amide bonds. The van der Waals surface area contributed by atoms with Gasteiger partial charge in [-0.2, -0.15) is 5.26 Å². The lowest BCUT2D eigenvalue weighted by molar-refractivity contribution is 0.132. The van der Waals surface area contributed by atoms with Gasteiger partial charge in [-0.15, -0.1) is 47.0 Å². The summed E-state index contributed by atoms with van der Waals surface area (Å²) in [6, 6.07) is 6.35. The number of thioether (sulfide) groups is 12. The summed E-state index contributed by atoms with van der Waals surface area (Å²) in [5.41, 5.74) is 2.68. The van der Waals surface area contributed by atoms with E-state index in [0.29, 0.717) is 32.0 Å². The first-order valence-electron chi connectivity index (χ1n) is 22.6. The molecule has 0 aromatic heterocycles. The van der Waals surface area contributed by atoms with Crippen molar-refractivity contribution in [3.05, 3.63) is 87.8 Å². The molecular weight excluding hydrogens is 1080 g/mol.